The Morgan fingerprint density at radius 1 is 1.30 bits per heavy atom. The van der Waals surface area contributed by atoms with Gasteiger partial charge in [-0.15, -0.1) is 0 Å². The first kappa shape index (κ1) is 15.8. The Labute approximate surface area is 132 Å². The first-order valence-corrected chi connectivity index (χ1v) is 8.62. The molecular formula is C17H27BrN2. The van der Waals surface area contributed by atoms with E-state index in [9.17, 15) is 0 Å². The molecule has 1 heterocycles. The van der Waals surface area contributed by atoms with Crippen molar-refractivity contribution in [3.63, 3.8) is 0 Å². The number of nitrogens with zero attached hydrogens (tertiary/aromatic N) is 1. The minimum Gasteiger partial charge on any atom is -0.371 e. The zero-order chi connectivity index (χ0) is 14.5. The Morgan fingerprint density at radius 2 is 2.10 bits per heavy atom. The van der Waals surface area contributed by atoms with Crippen molar-refractivity contribution >= 4 is 21.6 Å². The lowest BCUT2D eigenvalue weighted by atomic mass is 10.0. The van der Waals surface area contributed by atoms with Crippen molar-refractivity contribution in [2.24, 2.45) is 5.92 Å². The minimum absolute atomic E-state index is 0.528. The summed E-state index contributed by atoms with van der Waals surface area (Å²) in [4.78, 5) is 2.53. The van der Waals surface area contributed by atoms with Crippen LogP contribution in [0, 0.1) is 5.92 Å². The maximum atomic E-state index is 3.76. The number of rotatable bonds is 4. The number of halogens is 1. The quantitative estimate of drug-likeness (QED) is 0.864. The highest BCUT2D eigenvalue weighted by molar-refractivity contribution is 9.10. The Hall–Kier alpha value is -0.540. The van der Waals surface area contributed by atoms with Gasteiger partial charge in [-0.25, -0.2) is 0 Å². The predicted octanol–water partition coefficient (Wildman–Crippen LogP) is 4.57. The van der Waals surface area contributed by atoms with Crippen molar-refractivity contribution < 1.29 is 0 Å². The predicted molar refractivity (Wildman–Crippen MR) is 91.3 cm³/mol. The molecule has 1 fully saturated rings. The molecule has 1 N–H and O–H groups in total. The summed E-state index contributed by atoms with van der Waals surface area (Å²) >= 11 is 3.76. The summed E-state index contributed by atoms with van der Waals surface area (Å²) in [5, 5.41) is 3.47. The lowest BCUT2D eigenvalue weighted by Crippen LogP contribution is -2.25. The Morgan fingerprint density at radius 3 is 2.80 bits per heavy atom. The fourth-order valence-corrected chi connectivity index (χ4v) is 3.42. The number of hydrogen-bond acceptors (Lipinski definition) is 2. The second-order valence-corrected chi connectivity index (χ2v) is 7.20. The molecule has 3 heteroatoms. The van der Waals surface area contributed by atoms with Crippen LogP contribution in [0.3, 0.4) is 0 Å². The van der Waals surface area contributed by atoms with Crippen LogP contribution in [0.5, 0.6) is 0 Å². The molecule has 2 rings (SSSR count). The maximum Gasteiger partial charge on any atom is 0.0510 e. The van der Waals surface area contributed by atoms with Crippen LogP contribution >= 0.6 is 15.9 Å². The van der Waals surface area contributed by atoms with E-state index in [1.165, 1.54) is 48.1 Å². The lowest BCUT2D eigenvalue weighted by molar-refractivity contribution is 0.521. The van der Waals surface area contributed by atoms with Crippen molar-refractivity contribution in [3.05, 3.63) is 28.2 Å². The van der Waals surface area contributed by atoms with Crippen LogP contribution < -0.4 is 10.2 Å². The fraction of sp³-hybridized carbons (Fsp3) is 0.647. The number of benzene rings is 1. The van der Waals surface area contributed by atoms with Gasteiger partial charge in [0.05, 0.1) is 5.69 Å². The second kappa shape index (κ2) is 7.46. The van der Waals surface area contributed by atoms with Crippen LogP contribution in [0.15, 0.2) is 22.7 Å². The highest BCUT2D eigenvalue weighted by Gasteiger charge is 2.16. The van der Waals surface area contributed by atoms with Crippen molar-refractivity contribution in [2.45, 2.75) is 52.6 Å². The molecule has 1 aromatic rings. The Kier molecular flexibility index (Phi) is 5.91. The molecule has 0 aliphatic carbocycles. The molecule has 1 saturated heterocycles. The van der Waals surface area contributed by atoms with Crippen molar-refractivity contribution in [2.75, 3.05) is 18.0 Å². The number of anilines is 1. The van der Waals surface area contributed by atoms with Crippen molar-refractivity contribution in [3.8, 4) is 0 Å². The van der Waals surface area contributed by atoms with Crippen LogP contribution in [0.4, 0.5) is 5.69 Å². The topological polar surface area (TPSA) is 15.3 Å². The summed E-state index contributed by atoms with van der Waals surface area (Å²) in [6.45, 7) is 10.0. The zero-order valence-corrected chi connectivity index (χ0v) is 14.5. The third-order valence-electron chi connectivity index (χ3n) is 4.08. The van der Waals surface area contributed by atoms with E-state index in [0.717, 1.165) is 12.5 Å². The first-order valence-electron chi connectivity index (χ1n) is 7.83. The van der Waals surface area contributed by atoms with Crippen LogP contribution in [-0.2, 0) is 6.54 Å². The van der Waals surface area contributed by atoms with E-state index in [-0.39, 0.29) is 0 Å². The second-order valence-electron chi connectivity index (χ2n) is 6.34. The SMILES string of the molecule is CC1CCCN(c2ccc(CNC(C)C)cc2Br)CC1. The molecule has 0 radical (unpaired) electrons. The molecule has 1 aliphatic heterocycles. The summed E-state index contributed by atoms with van der Waals surface area (Å²) in [5.74, 6) is 0.869. The van der Waals surface area contributed by atoms with E-state index in [1.54, 1.807) is 0 Å². The van der Waals surface area contributed by atoms with Crippen molar-refractivity contribution in [1.82, 2.24) is 5.32 Å². The maximum absolute atomic E-state index is 3.76. The summed E-state index contributed by atoms with van der Waals surface area (Å²) in [5.41, 5.74) is 2.70. The molecule has 0 aromatic heterocycles. The Balaban J connectivity index is 2.05. The lowest BCUT2D eigenvalue weighted by Gasteiger charge is -2.24. The standard InChI is InChI=1S/C17H27BrN2/c1-13(2)19-12-15-6-7-17(16(18)11-15)20-9-4-5-14(3)8-10-20/h6-7,11,13-14,19H,4-5,8-10,12H2,1-3H3. The summed E-state index contributed by atoms with van der Waals surface area (Å²) in [6, 6.07) is 7.32. The molecule has 1 aromatic carbocycles. The summed E-state index contributed by atoms with van der Waals surface area (Å²) in [6.07, 6.45) is 3.98. The number of nitrogens with one attached hydrogen (secondary N) is 1. The van der Waals surface area contributed by atoms with Crippen LogP contribution in [-0.4, -0.2) is 19.1 Å². The monoisotopic (exact) mass is 338 g/mol. The molecule has 0 amide bonds. The van der Waals surface area contributed by atoms with E-state index in [0.29, 0.717) is 6.04 Å². The van der Waals surface area contributed by atoms with Gasteiger partial charge in [-0.2, -0.15) is 0 Å². The third kappa shape index (κ3) is 4.49. The largest absolute Gasteiger partial charge is 0.371 e. The van der Waals surface area contributed by atoms with E-state index in [1.807, 2.05) is 0 Å². The van der Waals surface area contributed by atoms with Gasteiger partial charge in [0.2, 0.25) is 0 Å². The molecule has 0 saturated carbocycles. The molecular weight excluding hydrogens is 312 g/mol. The van der Waals surface area contributed by atoms with Crippen LogP contribution in [0.25, 0.3) is 0 Å². The fourth-order valence-electron chi connectivity index (χ4n) is 2.74. The molecule has 1 aliphatic rings. The van der Waals surface area contributed by atoms with Gasteiger partial charge in [0.25, 0.3) is 0 Å². The highest BCUT2D eigenvalue weighted by Crippen LogP contribution is 2.30. The molecule has 1 unspecified atom stereocenters. The minimum atomic E-state index is 0.528. The van der Waals surface area contributed by atoms with E-state index >= 15 is 0 Å². The normalized spacial score (nSPS) is 20.2. The Bertz CT molecular complexity index is 431. The van der Waals surface area contributed by atoms with Gasteiger partial charge in [0.1, 0.15) is 0 Å². The summed E-state index contributed by atoms with van der Waals surface area (Å²) < 4.78 is 1.23. The average Bonchev–Trinajstić information content (AvgIpc) is 2.61. The molecule has 20 heavy (non-hydrogen) atoms. The van der Waals surface area contributed by atoms with Gasteiger partial charge >= 0.3 is 0 Å². The van der Waals surface area contributed by atoms with Gasteiger partial charge in [-0.05, 0) is 58.8 Å². The van der Waals surface area contributed by atoms with E-state index < -0.39 is 0 Å². The zero-order valence-electron chi connectivity index (χ0n) is 13.0. The van der Waals surface area contributed by atoms with E-state index in [2.05, 4.69) is 65.1 Å². The average molecular weight is 339 g/mol. The number of hydrogen-bond donors (Lipinski definition) is 1. The van der Waals surface area contributed by atoms with Crippen molar-refractivity contribution in [1.29, 1.82) is 0 Å². The molecule has 112 valence electrons. The van der Waals surface area contributed by atoms with Crippen LogP contribution in [0.1, 0.15) is 45.6 Å². The highest BCUT2D eigenvalue weighted by atomic mass is 79.9. The smallest absolute Gasteiger partial charge is 0.0510 e. The van der Waals surface area contributed by atoms with Gasteiger partial charge in [-0.1, -0.05) is 26.8 Å². The van der Waals surface area contributed by atoms with Gasteiger partial charge in [0.15, 0.2) is 0 Å². The molecule has 1 atom stereocenters. The van der Waals surface area contributed by atoms with Gasteiger partial charge in [0, 0.05) is 30.1 Å². The van der Waals surface area contributed by atoms with Gasteiger partial charge < -0.3 is 10.2 Å². The molecule has 0 bridgehead atoms. The molecule has 0 spiro atoms. The van der Waals surface area contributed by atoms with E-state index in [4.69, 9.17) is 0 Å². The van der Waals surface area contributed by atoms with Gasteiger partial charge in [-0.3, -0.25) is 0 Å². The summed E-state index contributed by atoms with van der Waals surface area (Å²) in [7, 11) is 0. The van der Waals surface area contributed by atoms with Crippen LogP contribution in [0.2, 0.25) is 0 Å². The third-order valence-corrected chi connectivity index (χ3v) is 4.72. The molecule has 2 nitrogen and oxygen atoms in total. The first-order chi connectivity index (χ1) is 9.56.